The van der Waals surface area contributed by atoms with Crippen LogP contribution in [-0.4, -0.2) is 9.97 Å². The van der Waals surface area contributed by atoms with Gasteiger partial charge in [-0.3, -0.25) is 0 Å². The number of hydrogen-bond acceptors (Lipinski definition) is 4. The summed E-state index contributed by atoms with van der Waals surface area (Å²) in [6.07, 6.45) is 3.43. The molecule has 146 valence electrons. The van der Waals surface area contributed by atoms with Gasteiger partial charge in [0.15, 0.2) is 5.58 Å². The van der Waals surface area contributed by atoms with Crippen molar-refractivity contribution in [3.8, 4) is 11.3 Å². The normalized spacial score (nSPS) is 12.5. The van der Waals surface area contributed by atoms with Crippen molar-refractivity contribution in [2.75, 3.05) is 0 Å². The summed E-state index contributed by atoms with van der Waals surface area (Å²) in [5, 5.41) is 5.90. The van der Waals surface area contributed by atoms with Crippen molar-refractivity contribution < 1.29 is 4.42 Å². The maximum Gasteiger partial charge on any atom is 0.151 e. The van der Waals surface area contributed by atoms with Gasteiger partial charge in [-0.15, -0.1) is 11.3 Å². The first-order valence-corrected chi connectivity index (χ1v) is 10.9. The van der Waals surface area contributed by atoms with Crippen molar-refractivity contribution in [2.45, 2.75) is 26.2 Å². The van der Waals surface area contributed by atoms with Crippen molar-refractivity contribution >= 4 is 53.4 Å². The second-order valence-corrected chi connectivity index (χ2v) is 9.78. The van der Waals surface area contributed by atoms with E-state index >= 15 is 0 Å². The number of aromatic nitrogens is 2. The van der Waals surface area contributed by atoms with Gasteiger partial charge in [-0.1, -0.05) is 57.2 Å². The molecule has 0 fully saturated rings. The van der Waals surface area contributed by atoms with E-state index in [4.69, 9.17) is 9.40 Å². The number of furan rings is 1. The van der Waals surface area contributed by atoms with Gasteiger partial charge in [0, 0.05) is 21.7 Å². The predicted molar refractivity (Wildman–Crippen MR) is 126 cm³/mol. The minimum absolute atomic E-state index is 0.0266. The summed E-state index contributed by atoms with van der Waals surface area (Å²) in [7, 11) is 0. The van der Waals surface area contributed by atoms with Crippen molar-refractivity contribution in [3.05, 3.63) is 72.8 Å². The maximum atomic E-state index is 5.79. The van der Waals surface area contributed by atoms with Crippen LogP contribution in [0.25, 0.3) is 53.3 Å². The fraction of sp³-hybridized carbons (Fsp3) is 0.154. The molecule has 0 aliphatic heterocycles. The number of benzene rings is 3. The Kier molecular flexibility index (Phi) is 3.60. The third-order valence-corrected chi connectivity index (χ3v) is 6.91. The van der Waals surface area contributed by atoms with Gasteiger partial charge in [-0.2, -0.15) is 0 Å². The molecule has 0 saturated heterocycles. The van der Waals surface area contributed by atoms with Crippen LogP contribution >= 0.6 is 11.3 Å². The molecule has 0 atom stereocenters. The second-order valence-electron chi connectivity index (χ2n) is 8.78. The van der Waals surface area contributed by atoms with Gasteiger partial charge in [0.1, 0.15) is 11.2 Å². The zero-order chi connectivity index (χ0) is 20.5. The summed E-state index contributed by atoms with van der Waals surface area (Å²) >= 11 is 1.67. The molecule has 30 heavy (non-hydrogen) atoms. The largest absolute Gasteiger partial charge is 0.463 e. The maximum absolute atomic E-state index is 5.79. The monoisotopic (exact) mass is 408 g/mol. The highest BCUT2D eigenvalue weighted by atomic mass is 32.1. The molecule has 3 nitrogen and oxygen atoms in total. The van der Waals surface area contributed by atoms with Crippen LogP contribution in [0.3, 0.4) is 0 Å². The summed E-state index contributed by atoms with van der Waals surface area (Å²) in [4.78, 5) is 10.3. The van der Waals surface area contributed by atoms with Gasteiger partial charge in [0.2, 0.25) is 0 Å². The highest BCUT2D eigenvalue weighted by Crippen LogP contribution is 2.42. The second kappa shape index (κ2) is 6.13. The molecule has 3 aromatic carbocycles. The van der Waals surface area contributed by atoms with Gasteiger partial charge in [-0.05, 0) is 39.9 Å². The van der Waals surface area contributed by atoms with E-state index in [1.54, 1.807) is 23.9 Å². The molecule has 0 saturated carbocycles. The molecule has 6 aromatic rings. The van der Waals surface area contributed by atoms with Crippen LogP contribution in [0.5, 0.6) is 0 Å². The minimum Gasteiger partial charge on any atom is -0.463 e. The van der Waals surface area contributed by atoms with Crippen LogP contribution in [0.1, 0.15) is 26.3 Å². The summed E-state index contributed by atoms with van der Waals surface area (Å²) < 4.78 is 6.92. The number of thiophene rings is 1. The number of rotatable bonds is 1. The van der Waals surface area contributed by atoms with E-state index in [-0.39, 0.29) is 5.41 Å². The molecule has 6 rings (SSSR count). The quantitative estimate of drug-likeness (QED) is 0.280. The molecule has 0 bridgehead atoms. The van der Waals surface area contributed by atoms with E-state index in [1.165, 1.54) is 16.3 Å². The van der Waals surface area contributed by atoms with Crippen molar-refractivity contribution in [1.82, 2.24) is 9.97 Å². The van der Waals surface area contributed by atoms with Crippen LogP contribution in [0, 0.1) is 0 Å². The Morgan fingerprint density at radius 3 is 2.60 bits per heavy atom. The summed E-state index contributed by atoms with van der Waals surface area (Å²) in [6, 6.07) is 19.5. The van der Waals surface area contributed by atoms with Crippen molar-refractivity contribution in [3.63, 3.8) is 0 Å². The lowest BCUT2D eigenvalue weighted by Crippen LogP contribution is -2.12. The van der Waals surface area contributed by atoms with Crippen LogP contribution in [0.15, 0.2) is 71.6 Å². The average molecular weight is 409 g/mol. The first-order chi connectivity index (χ1) is 14.5. The lowest BCUT2D eigenvalue weighted by Gasteiger charge is -2.22. The molecule has 0 unspecified atom stereocenters. The van der Waals surface area contributed by atoms with E-state index in [1.807, 2.05) is 6.07 Å². The molecule has 3 heterocycles. The number of hydrogen-bond donors (Lipinski definition) is 0. The van der Waals surface area contributed by atoms with E-state index in [9.17, 15) is 0 Å². The smallest absolute Gasteiger partial charge is 0.151 e. The fourth-order valence-electron chi connectivity index (χ4n) is 4.38. The third kappa shape index (κ3) is 2.50. The van der Waals surface area contributed by atoms with Crippen LogP contribution in [0.2, 0.25) is 0 Å². The Morgan fingerprint density at radius 2 is 1.73 bits per heavy atom. The minimum atomic E-state index is 0.0266. The first kappa shape index (κ1) is 17.6. The number of nitrogens with zero attached hydrogens (tertiary/aromatic N) is 2. The van der Waals surface area contributed by atoms with Crippen LogP contribution < -0.4 is 0 Å². The molecule has 0 N–H and O–H groups in total. The third-order valence-electron chi connectivity index (χ3n) is 5.80. The lowest BCUT2D eigenvalue weighted by molar-refractivity contribution is 0.596. The number of fused-ring (bicyclic) bond motifs is 6. The SMILES string of the molecule is CC(C)(C)c1cc(-c2ncnc3sc4c(ccc5ccoc54)c23)cc2ccccc12. The van der Waals surface area contributed by atoms with Crippen molar-refractivity contribution in [1.29, 1.82) is 0 Å². The molecule has 0 radical (unpaired) electrons. The van der Waals surface area contributed by atoms with E-state index in [0.29, 0.717) is 0 Å². The molecular formula is C26H20N2OS. The zero-order valence-corrected chi connectivity index (χ0v) is 17.9. The molecule has 4 heteroatoms. The van der Waals surface area contributed by atoms with Gasteiger partial charge < -0.3 is 4.42 Å². The van der Waals surface area contributed by atoms with Gasteiger partial charge in [-0.25, -0.2) is 9.97 Å². The Hall–Kier alpha value is -3.24. The lowest BCUT2D eigenvalue weighted by atomic mass is 9.82. The first-order valence-electron chi connectivity index (χ1n) is 10.1. The van der Waals surface area contributed by atoms with E-state index < -0.39 is 0 Å². The fourth-order valence-corrected chi connectivity index (χ4v) is 5.52. The topological polar surface area (TPSA) is 38.9 Å². The Labute approximate surface area is 178 Å². The molecule has 0 aliphatic carbocycles. The Bertz CT molecular complexity index is 1580. The predicted octanol–water partition coefficient (Wildman–Crippen LogP) is 7.71. The Balaban J connectivity index is 1.73. The van der Waals surface area contributed by atoms with Crippen molar-refractivity contribution in [2.24, 2.45) is 0 Å². The Morgan fingerprint density at radius 1 is 0.867 bits per heavy atom. The highest BCUT2D eigenvalue weighted by Gasteiger charge is 2.21. The van der Waals surface area contributed by atoms with Crippen LogP contribution in [-0.2, 0) is 5.41 Å². The van der Waals surface area contributed by atoms with Gasteiger partial charge >= 0.3 is 0 Å². The molecule has 3 aromatic heterocycles. The standard InChI is InChI=1S/C26H20N2OS/c1-26(2,3)20-13-17(12-16-6-4-5-7-18(16)20)22-21-19-9-8-15-10-11-29-23(15)24(19)30-25(21)28-14-27-22/h4-14H,1-3H3. The molecule has 0 aliphatic rings. The summed E-state index contributed by atoms with van der Waals surface area (Å²) in [6.45, 7) is 6.80. The molecular weight excluding hydrogens is 388 g/mol. The van der Waals surface area contributed by atoms with E-state index in [2.05, 4.69) is 74.3 Å². The van der Waals surface area contributed by atoms with Crippen LogP contribution in [0.4, 0.5) is 0 Å². The van der Waals surface area contributed by atoms with E-state index in [0.717, 1.165) is 42.5 Å². The summed E-state index contributed by atoms with van der Waals surface area (Å²) in [5.41, 5.74) is 4.39. The van der Waals surface area contributed by atoms with Gasteiger partial charge in [0.25, 0.3) is 0 Å². The average Bonchev–Trinajstić information content (AvgIpc) is 3.36. The molecule has 0 amide bonds. The molecule has 0 spiro atoms. The zero-order valence-electron chi connectivity index (χ0n) is 17.1. The highest BCUT2D eigenvalue weighted by molar-refractivity contribution is 7.26. The summed E-state index contributed by atoms with van der Waals surface area (Å²) in [5.74, 6) is 0. The van der Waals surface area contributed by atoms with Gasteiger partial charge in [0.05, 0.1) is 16.7 Å².